The number of amides is 2. The smallest absolute Gasteiger partial charge is 0.317 e. The number of carboxylic acid groups (broad SMARTS) is 2. The fraction of sp³-hybridized carbons (Fsp3) is 0.478. The Labute approximate surface area is 194 Å². The van der Waals surface area contributed by atoms with Gasteiger partial charge in [0.15, 0.2) is 0 Å². The Kier molecular flexibility index (Phi) is 13.6. The molecule has 3 N–H and O–H groups in total. The molecule has 1 aromatic heterocycles. The maximum Gasteiger partial charge on any atom is 0.317 e. The fourth-order valence-corrected chi connectivity index (χ4v) is 3.71. The van der Waals surface area contributed by atoms with E-state index in [9.17, 15) is 4.79 Å². The molecule has 1 aliphatic rings. The van der Waals surface area contributed by atoms with Crippen molar-refractivity contribution in [3.8, 4) is 0 Å². The van der Waals surface area contributed by atoms with Crippen LogP contribution in [0.3, 0.4) is 0 Å². The number of benzene rings is 1. The lowest BCUT2D eigenvalue weighted by molar-refractivity contribution is -0.123. The molecule has 2 aromatic rings. The van der Waals surface area contributed by atoms with E-state index in [4.69, 9.17) is 19.8 Å². The van der Waals surface area contributed by atoms with E-state index in [1.54, 1.807) is 11.1 Å². The molecule has 0 bridgehead atoms. The summed E-state index contributed by atoms with van der Waals surface area (Å²) in [6.07, 6.45) is 7.44. The van der Waals surface area contributed by atoms with Crippen molar-refractivity contribution in [1.29, 1.82) is 0 Å². The maximum atomic E-state index is 12.8. The van der Waals surface area contributed by atoms with Crippen molar-refractivity contribution in [1.82, 2.24) is 24.7 Å². The lowest BCUT2D eigenvalue weighted by Crippen LogP contribution is -2.45. The maximum absolute atomic E-state index is 12.8. The number of nitrogens with zero attached hydrogens (tertiary/aromatic N) is 4. The summed E-state index contributed by atoms with van der Waals surface area (Å²) in [5.41, 5.74) is 1.27. The monoisotopic (exact) mass is 461 g/mol. The number of aryl methyl sites for hydroxylation is 1. The van der Waals surface area contributed by atoms with Gasteiger partial charge in [-0.05, 0) is 38.4 Å². The van der Waals surface area contributed by atoms with Crippen molar-refractivity contribution < 1.29 is 24.6 Å². The quantitative estimate of drug-likeness (QED) is 0.541. The highest BCUT2D eigenvalue weighted by molar-refractivity contribution is 5.74. The summed E-state index contributed by atoms with van der Waals surface area (Å²) in [5, 5.41) is 16.9. The number of likely N-dealkylation sites (tertiary alicyclic amines) is 1. The number of piperidine rings is 1. The van der Waals surface area contributed by atoms with Gasteiger partial charge in [0.2, 0.25) is 0 Å². The summed E-state index contributed by atoms with van der Waals surface area (Å²) >= 11 is 0. The van der Waals surface area contributed by atoms with Crippen LogP contribution in [-0.2, 0) is 23.2 Å². The molecule has 182 valence electrons. The molecule has 2 heterocycles. The molecular formula is C23H35N5O5. The van der Waals surface area contributed by atoms with Gasteiger partial charge in [0.25, 0.3) is 12.9 Å². The van der Waals surface area contributed by atoms with Crippen LogP contribution >= 0.6 is 0 Å². The van der Waals surface area contributed by atoms with E-state index in [0.29, 0.717) is 19.6 Å². The molecule has 2 amide bonds. The van der Waals surface area contributed by atoms with E-state index < -0.39 is 0 Å². The number of aromatic nitrogens is 2. The number of hydrogen-bond donors (Lipinski definition) is 3. The number of rotatable bonds is 7. The zero-order chi connectivity index (χ0) is 24.5. The SMILES string of the molecule is CCN(Cc1nccn1C)C(=O)NCC(c1ccccc1)N1CCCCC1.O=CO.O=CO. The van der Waals surface area contributed by atoms with Crippen LogP contribution in [0.25, 0.3) is 0 Å². The Morgan fingerprint density at radius 1 is 1.15 bits per heavy atom. The van der Waals surface area contributed by atoms with Gasteiger partial charge in [-0.3, -0.25) is 14.5 Å². The molecule has 1 aromatic carbocycles. The minimum Gasteiger partial charge on any atom is -0.483 e. The van der Waals surface area contributed by atoms with Gasteiger partial charge in [0.05, 0.1) is 12.6 Å². The number of carbonyl (C=O) groups is 3. The van der Waals surface area contributed by atoms with Crippen LogP contribution in [0.5, 0.6) is 0 Å². The number of hydrogen-bond acceptors (Lipinski definition) is 5. The zero-order valence-corrected chi connectivity index (χ0v) is 19.3. The van der Waals surface area contributed by atoms with Crippen LogP contribution in [0.2, 0.25) is 0 Å². The van der Waals surface area contributed by atoms with Crippen LogP contribution in [0, 0.1) is 0 Å². The van der Waals surface area contributed by atoms with E-state index in [0.717, 1.165) is 18.9 Å². The van der Waals surface area contributed by atoms with E-state index in [1.165, 1.54) is 24.8 Å². The van der Waals surface area contributed by atoms with E-state index in [1.807, 2.05) is 30.8 Å². The third-order valence-electron chi connectivity index (χ3n) is 5.38. The highest BCUT2D eigenvalue weighted by atomic mass is 16.3. The molecular weight excluding hydrogens is 426 g/mol. The van der Waals surface area contributed by atoms with Crippen molar-refractivity contribution in [2.45, 2.75) is 38.8 Å². The molecule has 0 spiro atoms. The van der Waals surface area contributed by atoms with Crippen LogP contribution in [0.1, 0.15) is 43.6 Å². The van der Waals surface area contributed by atoms with Crippen molar-refractivity contribution in [3.63, 3.8) is 0 Å². The van der Waals surface area contributed by atoms with Crippen LogP contribution < -0.4 is 5.32 Å². The first-order valence-corrected chi connectivity index (χ1v) is 11.0. The number of urea groups is 1. The summed E-state index contributed by atoms with van der Waals surface area (Å²) in [6.45, 7) is 5.49. The third kappa shape index (κ3) is 9.73. The van der Waals surface area contributed by atoms with E-state index >= 15 is 0 Å². The summed E-state index contributed by atoms with van der Waals surface area (Å²) in [7, 11) is 1.95. The predicted molar refractivity (Wildman–Crippen MR) is 125 cm³/mol. The molecule has 0 radical (unpaired) electrons. The first-order chi connectivity index (χ1) is 16.0. The minimum absolute atomic E-state index is 0.0292. The normalized spacial score (nSPS) is 13.9. The number of carbonyl (C=O) groups excluding carboxylic acids is 1. The minimum atomic E-state index is -0.250. The lowest BCUT2D eigenvalue weighted by Gasteiger charge is -2.35. The van der Waals surface area contributed by atoms with Gasteiger partial charge in [-0.1, -0.05) is 36.8 Å². The third-order valence-corrected chi connectivity index (χ3v) is 5.38. The van der Waals surface area contributed by atoms with Crippen LogP contribution in [0.15, 0.2) is 42.7 Å². The molecule has 1 atom stereocenters. The van der Waals surface area contributed by atoms with E-state index in [2.05, 4.69) is 39.5 Å². The summed E-state index contributed by atoms with van der Waals surface area (Å²) < 4.78 is 1.95. The molecule has 10 heteroatoms. The first-order valence-electron chi connectivity index (χ1n) is 11.0. The van der Waals surface area contributed by atoms with Gasteiger partial charge in [-0.25, -0.2) is 9.78 Å². The van der Waals surface area contributed by atoms with Gasteiger partial charge in [-0.15, -0.1) is 0 Å². The topological polar surface area (TPSA) is 128 Å². The Bertz CT molecular complexity index is 803. The Morgan fingerprint density at radius 2 is 1.76 bits per heavy atom. The molecule has 33 heavy (non-hydrogen) atoms. The van der Waals surface area contributed by atoms with Crippen molar-refractivity contribution in [2.75, 3.05) is 26.2 Å². The summed E-state index contributed by atoms with van der Waals surface area (Å²) in [6, 6.07) is 10.7. The molecule has 1 aliphatic heterocycles. The van der Waals surface area contributed by atoms with Gasteiger partial charge in [0.1, 0.15) is 5.82 Å². The Morgan fingerprint density at radius 3 is 2.27 bits per heavy atom. The van der Waals surface area contributed by atoms with Crippen LogP contribution in [-0.4, -0.2) is 74.7 Å². The van der Waals surface area contributed by atoms with Crippen molar-refractivity contribution in [3.05, 3.63) is 54.1 Å². The lowest BCUT2D eigenvalue weighted by atomic mass is 10.0. The summed E-state index contributed by atoms with van der Waals surface area (Å²) in [5.74, 6) is 0.891. The standard InChI is InChI=1S/C21H31N5O.2CH2O2/c1-3-25(17-20-22-12-15-24(20)2)21(27)23-16-19(18-10-6-4-7-11-18)26-13-8-5-9-14-26;2*2-1-3/h4,6-7,10-12,15,19H,3,5,8-9,13-14,16-17H2,1-2H3,(H,23,27);2*1H,(H,2,3). The molecule has 0 saturated carbocycles. The van der Waals surface area contributed by atoms with Gasteiger partial charge in [-0.2, -0.15) is 0 Å². The fourth-order valence-electron chi connectivity index (χ4n) is 3.71. The first kappa shape index (κ1) is 27.6. The molecule has 3 rings (SSSR count). The molecule has 10 nitrogen and oxygen atoms in total. The molecule has 1 saturated heterocycles. The molecule has 1 fully saturated rings. The highest BCUT2D eigenvalue weighted by Gasteiger charge is 2.23. The second-order valence-corrected chi connectivity index (χ2v) is 7.39. The molecule has 0 aliphatic carbocycles. The Hall–Kier alpha value is -3.40. The van der Waals surface area contributed by atoms with Crippen LogP contribution in [0.4, 0.5) is 4.79 Å². The van der Waals surface area contributed by atoms with E-state index in [-0.39, 0.29) is 25.0 Å². The van der Waals surface area contributed by atoms with Crippen molar-refractivity contribution >= 4 is 19.0 Å². The van der Waals surface area contributed by atoms with Crippen molar-refractivity contribution in [2.24, 2.45) is 7.05 Å². The summed E-state index contributed by atoms with van der Waals surface area (Å²) in [4.78, 5) is 38.2. The highest BCUT2D eigenvalue weighted by Crippen LogP contribution is 2.24. The average Bonchev–Trinajstić information content (AvgIpc) is 3.24. The van der Waals surface area contributed by atoms with Gasteiger partial charge < -0.3 is 25.0 Å². The van der Waals surface area contributed by atoms with Gasteiger partial charge in [0, 0.05) is 32.5 Å². The average molecular weight is 462 g/mol. The zero-order valence-electron chi connectivity index (χ0n) is 19.3. The second kappa shape index (κ2) is 16.3. The number of nitrogens with one attached hydrogen (secondary N) is 1. The Balaban J connectivity index is 0.000000819. The molecule has 1 unspecified atom stereocenters. The number of imidazole rings is 1. The van der Waals surface area contributed by atoms with Gasteiger partial charge >= 0.3 is 6.03 Å². The largest absolute Gasteiger partial charge is 0.483 e. The predicted octanol–water partition coefficient (Wildman–Crippen LogP) is 2.58. The second-order valence-electron chi connectivity index (χ2n) is 7.39.